The first kappa shape index (κ1) is 28.2. The third-order valence-electron chi connectivity index (χ3n) is 6.43. The van der Waals surface area contributed by atoms with Crippen LogP contribution in [0.3, 0.4) is 0 Å². The van der Waals surface area contributed by atoms with E-state index in [1.165, 1.54) is 32.0 Å². The molecule has 1 aliphatic rings. The maximum atomic E-state index is 15.7. The van der Waals surface area contributed by atoms with Gasteiger partial charge in [0.1, 0.15) is 23.1 Å². The van der Waals surface area contributed by atoms with Gasteiger partial charge in [-0.25, -0.2) is 18.8 Å². The summed E-state index contributed by atoms with van der Waals surface area (Å²) in [5.74, 6) is -1.59. The second kappa shape index (κ2) is 11.5. The number of rotatable bonds is 8. The molecule has 0 saturated carbocycles. The molecule has 4 rings (SSSR count). The molecule has 0 amide bonds. The van der Waals surface area contributed by atoms with Gasteiger partial charge in [-0.05, 0) is 86.6 Å². The molecule has 3 aromatic carbocycles. The molecule has 3 aromatic rings. The third kappa shape index (κ3) is 5.94. The fraction of sp³-hybridized carbons (Fsp3) is 0.182. The molecule has 0 heterocycles. The molecule has 0 aromatic heterocycles. The Morgan fingerprint density at radius 3 is 1.82 bits per heavy atom. The number of benzene rings is 3. The molecule has 0 fully saturated rings. The predicted molar refractivity (Wildman–Crippen MR) is 151 cm³/mol. The molecule has 204 valence electrons. The van der Waals surface area contributed by atoms with Gasteiger partial charge >= 0.3 is 17.9 Å². The van der Waals surface area contributed by atoms with E-state index in [1.807, 2.05) is 0 Å². The smallest absolute Gasteiger partial charge is 0.338 e. The van der Waals surface area contributed by atoms with E-state index in [4.69, 9.17) is 14.2 Å². The number of fused-ring (bicyclic) bond motifs is 1. The summed E-state index contributed by atoms with van der Waals surface area (Å²) in [5.41, 5.74) is 4.50. The average molecular weight is 541 g/mol. The van der Waals surface area contributed by atoms with Crippen molar-refractivity contribution in [3.05, 3.63) is 102 Å². The molecule has 40 heavy (non-hydrogen) atoms. The maximum absolute atomic E-state index is 15.7. The summed E-state index contributed by atoms with van der Waals surface area (Å²) in [7, 11) is 0. The molecule has 0 radical (unpaired) electrons. The Balaban J connectivity index is 1.72. The molecule has 7 heteroatoms. The van der Waals surface area contributed by atoms with Crippen LogP contribution in [-0.2, 0) is 27.2 Å². The Kier molecular flexibility index (Phi) is 8.14. The van der Waals surface area contributed by atoms with Crippen molar-refractivity contribution in [3.8, 4) is 39.5 Å². The Morgan fingerprint density at radius 1 is 0.650 bits per heavy atom. The lowest BCUT2D eigenvalue weighted by atomic mass is 9.94. The minimum Gasteiger partial charge on any atom is -0.423 e. The summed E-state index contributed by atoms with van der Waals surface area (Å²) in [4.78, 5) is 36.4. The first-order chi connectivity index (χ1) is 19.0. The van der Waals surface area contributed by atoms with Crippen molar-refractivity contribution in [1.29, 1.82) is 0 Å². The zero-order chi connectivity index (χ0) is 29.1. The lowest BCUT2D eigenvalue weighted by Gasteiger charge is -2.16. The van der Waals surface area contributed by atoms with E-state index in [-0.39, 0.29) is 22.6 Å². The zero-order valence-electron chi connectivity index (χ0n) is 22.7. The van der Waals surface area contributed by atoms with Crippen molar-refractivity contribution in [2.45, 2.75) is 40.0 Å². The highest BCUT2D eigenvalue weighted by Crippen LogP contribution is 2.41. The molecular weight excluding hydrogens is 511 g/mol. The molecule has 1 aliphatic carbocycles. The summed E-state index contributed by atoms with van der Waals surface area (Å²) in [6, 6.07) is 12.7. The molecule has 6 nitrogen and oxygen atoms in total. The predicted octanol–water partition coefficient (Wildman–Crippen LogP) is 7.09. The summed E-state index contributed by atoms with van der Waals surface area (Å²) in [5, 5.41) is 0. The topological polar surface area (TPSA) is 78.9 Å². The highest BCUT2D eigenvalue weighted by molar-refractivity contribution is 5.92. The van der Waals surface area contributed by atoms with Crippen molar-refractivity contribution >= 4 is 17.9 Å². The van der Waals surface area contributed by atoms with Crippen LogP contribution in [0, 0.1) is 5.82 Å². The molecule has 0 spiro atoms. The molecule has 0 unspecified atom stereocenters. The summed E-state index contributed by atoms with van der Waals surface area (Å²) >= 11 is 0. The van der Waals surface area contributed by atoms with Gasteiger partial charge in [0.15, 0.2) is 0 Å². The Bertz CT molecular complexity index is 1600. The SMILES string of the molecule is C=C(C)C(=O)Oc1ccc(-c2ccc(-c3ccc(OC(=O)C(=C)C)c4c3CCC4)c(F)c2)c(OC(=O)C(=C)C)c1. The minimum absolute atomic E-state index is 0.0803. The van der Waals surface area contributed by atoms with E-state index in [9.17, 15) is 14.4 Å². The number of hydrogen-bond donors (Lipinski definition) is 0. The molecule has 0 atom stereocenters. The van der Waals surface area contributed by atoms with Gasteiger partial charge in [-0.1, -0.05) is 37.9 Å². The fourth-order valence-electron chi connectivity index (χ4n) is 4.38. The average Bonchev–Trinajstić information content (AvgIpc) is 3.39. The van der Waals surface area contributed by atoms with E-state index < -0.39 is 23.7 Å². The number of hydrogen-bond acceptors (Lipinski definition) is 6. The Morgan fingerprint density at radius 2 is 1.20 bits per heavy atom. The highest BCUT2D eigenvalue weighted by atomic mass is 19.1. The fourth-order valence-corrected chi connectivity index (χ4v) is 4.38. The number of ether oxygens (including phenoxy) is 3. The van der Waals surface area contributed by atoms with Gasteiger partial charge in [-0.3, -0.25) is 0 Å². The molecule has 0 N–H and O–H groups in total. The van der Waals surface area contributed by atoms with Gasteiger partial charge in [0, 0.05) is 33.9 Å². The van der Waals surface area contributed by atoms with E-state index in [2.05, 4.69) is 19.7 Å². The number of halogens is 1. The minimum atomic E-state index is -0.676. The molecule has 0 bridgehead atoms. The number of carbonyl (C=O) groups is 3. The summed E-state index contributed by atoms with van der Waals surface area (Å²) in [6.45, 7) is 15.4. The summed E-state index contributed by atoms with van der Waals surface area (Å²) < 4.78 is 32.0. The van der Waals surface area contributed by atoms with Crippen molar-refractivity contribution in [1.82, 2.24) is 0 Å². The van der Waals surface area contributed by atoms with Gasteiger partial charge in [-0.2, -0.15) is 0 Å². The first-order valence-corrected chi connectivity index (χ1v) is 12.7. The second-order valence-corrected chi connectivity index (χ2v) is 9.78. The molecule has 0 aliphatic heterocycles. The van der Waals surface area contributed by atoms with Crippen LogP contribution in [0.15, 0.2) is 85.0 Å². The van der Waals surface area contributed by atoms with Crippen LogP contribution in [0.5, 0.6) is 17.2 Å². The number of carbonyl (C=O) groups excluding carboxylic acids is 3. The monoisotopic (exact) mass is 540 g/mol. The normalized spacial score (nSPS) is 11.8. The second-order valence-electron chi connectivity index (χ2n) is 9.78. The van der Waals surface area contributed by atoms with E-state index >= 15 is 4.39 Å². The maximum Gasteiger partial charge on any atom is 0.338 e. The first-order valence-electron chi connectivity index (χ1n) is 12.7. The van der Waals surface area contributed by atoms with Crippen molar-refractivity contribution in [2.75, 3.05) is 0 Å². The van der Waals surface area contributed by atoms with Crippen molar-refractivity contribution < 1.29 is 33.0 Å². The van der Waals surface area contributed by atoms with Gasteiger partial charge < -0.3 is 14.2 Å². The quantitative estimate of drug-likeness (QED) is 0.172. The van der Waals surface area contributed by atoms with Crippen LogP contribution >= 0.6 is 0 Å². The van der Waals surface area contributed by atoms with Crippen LogP contribution < -0.4 is 14.2 Å². The Labute approximate surface area is 232 Å². The largest absolute Gasteiger partial charge is 0.423 e. The lowest BCUT2D eigenvalue weighted by molar-refractivity contribution is -0.131. The van der Waals surface area contributed by atoms with E-state index in [0.717, 1.165) is 36.0 Å². The van der Waals surface area contributed by atoms with Gasteiger partial charge in [0.05, 0.1) is 0 Å². The van der Waals surface area contributed by atoms with Gasteiger partial charge in [0.25, 0.3) is 0 Å². The van der Waals surface area contributed by atoms with Crippen LogP contribution in [0.25, 0.3) is 22.3 Å². The molecule has 0 saturated heterocycles. The molecular formula is C33H29FO6. The van der Waals surface area contributed by atoms with Crippen LogP contribution in [-0.4, -0.2) is 17.9 Å². The van der Waals surface area contributed by atoms with Crippen LogP contribution in [0.4, 0.5) is 4.39 Å². The summed E-state index contributed by atoms with van der Waals surface area (Å²) in [6.07, 6.45) is 2.32. The van der Waals surface area contributed by atoms with E-state index in [0.29, 0.717) is 28.0 Å². The lowest BCUT2D eigenvalue weighted by Crippen LogP contribution is -2.11. The van der Waals surface area contributed by atoms with Crippen molar-refractivity contribution in [3.63, 3.8) is 0 Å². The van der Waals surface area contributed by atoms with E-state index in [1.54, 1.807) is 37.3 Å². The third-order valence-corrected chi connectivity index (χ3v) is 6.43. The highest BCUT2D eigenvalue weighted by Gasteiger charge is 2.24. The zero-order valence-corrected chi connectivity index (χ0v) is 22.7. The Hall–Kier alpha value is -4.78. The van der Waals surface area contributed by atoms with Crippen molar-refractivity contribution in [2.24, 2.45) is 0 Å². The standard InChI is InChI=1S/C33H29FO6/c1-18(2)31(35)38-22-11-13-23(30(17-22)40-33(37)20(5)6)21-10-12-26(28(34)16-21)25-14-15-29(39-32(36)19(3)4)27-9-7-8-24(25)27/h10-17H,1,3,5,7-9H2,2,4,6H3. The van der Waals surface area contributed by atoms with Crippen LogP contribution in [0.1, 0.15) is 38.3 Å². The number of esters is 3. The van der Waals surface area contributed by atoms with Gasteiger partial charge in [0.2, 0.25) is 0 Å². The van der Waals surface area contributed by atoms with Crippen LogP contribution in [0.2, 0.25) is 0 Å². The van der Waals surface area contributed by atoms with Gasteiger partial charge in [-0.15, -0.1) is 0 Å².